The minimum atomic E-state index is -4.34. The number of anilines is 1. The molecule has 0 spiro atoms. The standard InChI is InChI=1S/C18H13F3N4S/c19-18(20,21)14-8-6-13(7-9-14)16-12-26-17(24-16)25-23-11-3-5-15-4-1-2-10-22-15/h1-12H,(H,24,25)/b5-3+,23-11+. The summed E-state index contributed by atoms with van der Waals surface area (Å²) in [6, 6.07) is 10.5. The van der Waals surface area contributed by atoms with E-state index < -0.39 is 11.7 Å². The topological polar surface area (TPSA) is 50.2 Å². The zero-order valence-corrected chi connectivity index (χ0v) is 14.1. The first-order valence-corrected chi connectivity index (χ1v) is 8.40. The van der Waals surface area contributed by atoms with E-state index in [9.17, 15) is 13.2 Å². The Morgan fingerprint density at radius 2 is 1.88 bits per heavy atom. The van der Waals surface area contributed by atoms with Crippen molar-refractivity contribution < 1.29 is 13.2 Å². The number of hydrogen-bond donors (Lipinski definition) is 1. The van der Waals surface area contributed by atoms with Gasteiger partial charge in [0.1, 0.15) is 0 Å². The second kappa shape index (κ2) is 7.92. The van der Waals surface area contributed by atoms with Crippen LogP contribution in [0, 0.1) is 0 Å². The molecule has 0 saturated heterocycles. The lowest BCUT2D eigenvalue weighted by molar-refractivity contribution is -0.137. The molecule has 0 aliphatic rings. The van der Waals surface area contributed by atoms with Gasteiger partial charge in [0.15, 0.2) is 0 Å². The highest BCUT2D eigenvalue weighted by atomic mass is 32.1. The third-order valence-corrected chi connectivity index (χ3v) is 4.03. The fourth-order valence-electron chi connectivity index (χ4n) is 2.04. The van der Waals surface area contributed by atoms with E-state index in [1.54, 1.807) is 29.9 Å². The maximum absolute atomic E-state index is 12.6. The monoisotopic (exact) mass is 374 g/mol. The van der Waals surface area contributed by atoms with Crippen LogP contribution in [0.15, 0.2) is 65.2 Å². The second-order valence-electron chi connectivity index (χ2n) is 5.12. The predicted octanol–water partition coefficient (Wildman–Crippen LogP) is 5.34. The van der Waals surface area contributed by atoms with Crippen LogP contribution in [0.4, 0.5) is 18.3 Å². The van der Waals surface area contributed by atoms with Crippen molar-refractivity contribution in [2.75, 3.05) is 5.43 Å². The summed E-state index contributed by atoms with van der Waals surface area (Å²) in [5.41, 5.74) is 4.12. The molecule has 0 fully saturated rings. The fourth-order valence-corrected chi connectivity index (χ4v) is 2.71. The van der Waals surface area contributed by atoms with Crippen LogP contribution in [0.5, 0.6) is 0 Å². The second-order valence-corrected chi connectivity index (χ2v) is 5.97. The molecule has 0 amide bonds. The van der Waals surface area contributed by atoms with Gasteiger partial charge in [-0.05, 0) is 36.4 Å². The summed E-state index contributed by atoms with van der Waals surface area (Å²) in [4.78, 5) is 8.45. The number of rotatable bonds is 5. The van der Waals surface area contributed by atoms with Gasteiger partial charge >= 0.3 is 6.18 Å². The molecular formula is C18H13F3N4S. The normalized spacial score (nSPS) is 12.1. The van der Waals surface area contributed by atoms with Gasteiger partial charge in [-0.3, -0.25) is 10.4 Å². The summed E-state index contributed by atoms with van der Waals surface area (Å²) < 4.78 is 37.8. The van der Waals surface area contributed by atoms with E-state index in [1.165, 1.54) is 23.5 Å². The third-order valence-electron chi connectivity index (χ3n) is 3.29. The first-order chi connectivity index (χ1) is 12.5. The Morgan fingerprint density at radius 1 is 1.08 bits per heavy atom. The predicted molar refractivity (Wildman–Crippen MR) is 97.9 cm³/mol. The Kier molecular flexibility index (Phi) is 5.43. The number of pyridine rings is 1. The lowest BCUT2D eigenvalue weighted by Gasteiger charge is -2.06. The number of nitrogens with zero attached hydrogens (tertiary/aromatic N) is 3. The Balaban J connectivity index is 1.59. The third kappa shape index (κ3) is 4.76. The number of hydrazone groups is 1. The number of alkyl halides is 3. The van der Waals surface area contributed by atoms with Crippen molar-refractivity contribution in [2.45, 2.75) is 6.18 Å². The minimum Gasteiger partial charge on any atom is -0.257 e. The first kappa shape index (κ1) is 17.8. The molecule has 8 heteroatoms. The number of allylic oxidation sites excluding steroid dienone is 1. The molecule has 0 bridgehead atoms. The van der Waals surface area contributed by atoms with Gasteiger partial charge in [-0.25, -0.2) is 4.98 Å². The van der Waals surface area contributed by atoms with Crippen LogP contribution in [-0.2, 0) is 6.18 Å². The molecule has 3 aromatic rings. The average molecular weight is 374 g/mol. The molecule has 0 saturated carbocycles. The van der Waals surface area contributed by atoms with Crippen LogP contribution < -0.4 is 5.43 Å². The number of hydrogen-bond acceptors (Lipinski definition) is 5. The molecule has 0 atom stereocenters. The van der Waals surface area contributed by atoms with Crippen LogP contribution >= 0.6 is 11.3 Å². The largest absolute Gasteiger partial charge is 0.416 e. The van der Waals surface area contributed by atoms with Gasteiger partial charge in [-0.1, -0.05) is 18.2 Å². The molecule has 2 heterocycles. The molecule has 2 aromatic heterocycles. The van der Waals surface area contributed by atoms with Crippen molar-refractivity contribution in [3.8, 4) is 11.3 Å². The van der Waals surface area contributed by atoms with Crippen molar-refractivity contribution in [1.29, 1.82) is 0 Å². The van der Waals surface area contributed by atoms with E-state index in [4.69, 9.17) is 0 Å². The Morgan fingerprint density at radius 3 is 2.58 bits per heavy atom. The van der Waals surface area contributed by atoms with E-state index in [1.807, 2.05) is 18.2 Å². The molecule has 0 aliphatic carbocycles. The maximum Gasteiger partial charge on any atom is 0.416 e. The van der Waals surface area contributed by atoms with Crippen LogP contribution in [0.1, 0.15) is 11.3 Å². The van der Waals surface area contributed by atoms with E-state index in [0.29, 0.717) is 16.4 Å². The molecule has 4 nitrogen and oxygen atoms in total. The van der Waals surface area contributed by atoms with Gasteiger partial charge in [0, 0.05) is 23.4 Å². The van der Waals surface area contributed by atoms with Gasteiger partial charge in [-0.15, -0.1) is 11.3 Å². The highest BCUT2D eigenvalue weighted by Gasteiger charge is 2.30. The van der Waals surface area contributed by atoms with E-state index in [-0.39, 0.29) is 0 Å². The van der Waals surface area contributed by atoms with Crippen molar-refractivity contribution in [3.05, 3.63) is 71.4 Å². The van der Waals surface area contributed by atoms with Gasteiger partial charge in [0.25, 0.3) is 0 Å². The Hall–Kier alpha value is -3.00. The molecule has 1 N–H and O–H groups in total. The molecule has 26 heavy (non-hydrogen) atoms. The number of thiazole rings is 1. The quantitative estimate of drug-likeness (QED) is 0.485. The lowest BCUT2D eigenvalue weighted by atomic mass is 10.1. The molecule has 1 aromatic carbocycles. The van der Waals surface area contributed by atoms with Crippen molar-refractivity contribution in [1.82, 2.24) is 9.97 Å². The SMILES string of the molecule is FC(F)(F)c1ccc(-c2csc(N/N=C/C=C/c3ccccn3)n2)cc1. The highest BCUT2D eigenvalue weighted by Crippen LogP contribution is 2.31. The molecular weight excluding hydrogens is 361 g/mol. The fraction of sp³-hybridized carbons (Fsp3) is 0.0556. The van der Waals surface area contributed by atoms with Gasteiger partial charge in [0.2, 0.25) is 5.13 Å². The summed E-state index contributed by atoms with van der Waals surface area (Å²) in [6.45, 7) is 0. The van der Waals surface area contributed by atoms with Crippen LogP contribution in [-0.4, -0.2) is 16.2 Å². The Bertz CT molecular complexity index is 900. The van der Waals surface area contributed by atoms with Crippen LogP contribution in [0.2, 0.25) is 0 Å². The van der Waals surface area contributed by atoms with Gasteiger partial charge in [-0.2, -0.15) is 18.3 Å². The maximum atomic E-state index is 12.6. The van der Waals surface area contributed by atoms with Crippen LogP contribution in [0.3, 0.4) is 0 Å². The van der Waals surface area contributed by atoms with E-state index >= 15 is 0 Å². The smallest absolute Gasteiger partial charge is 0.257 e. The molecule has 0 unspecified atom stereocenters. The summed E-state index contributed by atoms with van der Waals surface area (Å²) in [5, 5.41) is 6.32. The van der Waals surface area contributed by atoms with Gasteiger partial charge in [0.05, 0.1) is 17.0 Å². The zero-order valence-electron chi connectivity index (χ0n) is 13.3. The summed E-state index contributed by atoms with van der Waals surface area (Å²) in [5.74, 6) is 0. The van der Waals surface area contributed by atoms with Crippen LogP contribution in [0.25, 0.3) is 17.3 Å². The van der Waals surface area contributed by atoms with Crippen molar-refractivity contribution >= 4 is 28.8 Å². The highest BCUT2D eigenvalue weighted by molar-refractivity contribution is 7.14. The average Bonchev–Trinajstić information content (AvgIpc) is 3.11. The number of benzene rings is 1. The minimum absolute atomic E-state index is 0.544. The lowest BCUT2D eigenvalue weighted by Crippen LogP contribution is -2.03. The van der Waals surface area contributed by atoms with Gasteiger partial charge < -0.3 is 0 Å². The Labute approximate surface area is 151 Å². The zero-order chi connectivity index (χ0) is 18.4. The number of halogens is 3. The molecule has 0 radical (unpaired) electrons. The van der Waals surface area contributed by atoms with E-state index in [2.05, 4.69) is 20.5 Å². The van der Waals surface area contributed by atoms with E-state index in [0.717, 1.165) is 17.8 Å². The molecule has 132 valence electrons. The number of aromatic nitrogens is 2. The summed E-state index contributed by atoms with van der Waals surface area (Å²) in [7, 11) is 0. The van der Waals surface area contributed by atoms with Crippen molar-refractivity contribution in [2.24, 2.45) is 5.10 Å². The summed E-state index contributed by atoms with van der Waals surface area (Å²) in [6.07, 6.45) is 2.46. The van der Waals surface area contributed by atoms with Crippen molar-refractivity contribution in [3.63, 3.8) is 0 Å². The number of nitrogens with one attached hydrogen (secondary N) is 1. The summed E-state index contributed by atoms with van der Waals surface area (Å²) >= 11 is 1.31. The molecule has 3 rings (SSSR count). The first-order valence-electron chi connectivity index (χ1n) is 7.52. The molecule has 0 aliphatic heterocycles.